The summed E-state index contributed by atoms with van der Waals surface area (Å²) >= 11 is 0. The zero-order valence-electron chi connectivity index (χ0n) is 13.1. The molecule has 116 valence electrons. The van der Waals surface area contributed by atoms with Gasteiger partial charge in [0.25, 0.3) is 0 Å². The highest BCUT2D eigenvalue weighted by Gasteiger charge is 2.34. The second-order valence-electron chi connectivity index (χ2n) is 6.62. The molecule has 0 spiro atoms. The van der Waals surface area contributed by atoms with Crippen molar-refractivity contribution in [3.8, 4) is 11.3 Å². The highest BCUT2D eigenvalue weighted by Crippen LogP contribution is 2.29. The Kier molecular flexibility index (Phi) is 3.72. The Labute approximate surface area is 131 Å². The van der Waals surface area contributed by atoms with E-state index in [1.54, 1.807) is 0 Å². The minimum atomic E-state index is 0.712. The number of hydrogen-bond donors (Lipinski definition) is 0. The van der Waals surface area contributed by atoms with Crippen molar-refractivity contribution in [2.24, 2.45) is 0 Å². The largest absolute Gasteiger partial charge is 0.359 e. The number of likely N-dealkylation sites (tertiary alicyclic amines) is 1. The van der Waals surface area contributed by atoms with Gasteiger partial charge in [-0.25, -0.2) is 0 Å². The molecule has 2 bridgehead atoms. The van der Waals surface area contributed by atoms with Gasteiger partial charge < -0.3 is 4.52 Å². The lowest BCUT2D eigenvalue weighted by molar-refractivity contribution is 0.199. The van der Waals surface area contributed by atoms with Gasteiger partial charge in [0.1, 0.15) is 5.69 Å². The summed E-state index contributed by atoms with van der Waals surface area (Å²) in [6.45, 7) is 3.18. The monoisotopic (exact) mass is 297 g/mol. The third-order valence-corrected chi connectivity index (χ3v) is 5.24. The van der Waals surface area contributed by atoms with E-state index in [-0.39, 0.29) is 0 Å². The van der Waals surface area contributed by atoms with E-state index < -0.39 is 0 Å². The number of aromatic nitrogens is 1. The van der Waals surface area contributed by atoms with Gasteiger partial charge in [-0.1, -0.05) is 35.5 Å². The molecule has 0 radical (unpaired) electrons. The molecule has 4 rings (SSSR count). The van der Waals surface area contributed by atoms with Crippen LogP contribution in [0.15, 0.2) is 40.9 Å². The first-order valence-corrected chi connectivity index (χ1v) is 8.25. The van der Waals surface area contributed by atoms with Crippen molar-refractivity contribution in [2.45, 2.75) is 37.9 Å². The molecule has 0 saturated carbocycles. The smallest absolute Gasteiger partial charge is 0.151 e. The number of benzene rings is 1. The van der Waals surface area contributed by atoms with E-state index in [2.05, 4.69) is 40.2 Å². The molecule has 1 aromatic carbocycles. The fourth-order valence-electron chi connectivity index (χ4n) is 3.88. The average Bonchev–Trinajstić information content (AvgIpc) is 3.08. The average molecular weight is 297 g/mol. The van der Waals surface area contributed by atoms with Crippen LogP contribution in [0.1, 0.15) is 25.0 Å². The first kappa shape index (κ1) is 14.0. The third-order valence-electron chi connectivity index (χ3n) is 5.24. The standard InChI is InChI=1S/C18H23N3O/c1-20-15-7-8-16(20)12-21(10-9-15)13-17-11-18(19-22-17)14-5-3-2-4-6-14/h2-6,11,15-16H,7-10,12-13H2,1H3/t15-,16+/m1/s1. The molecule has 0 amide bonds. The summed E-state index contributed by atoms with van der Waals surface area (Å²) in [4.78, 5) is 5.10. The van der Waals surface area contributed by atoms with Crippen LogP contribution in [-0.4, -0.2) is 47.2 Å². The summed E-state index contributed by atoms with van der Waals surface area (Å²) in [5.41, 5.74) is 2.05. The maximum atomic E-state index is 5.56. The Bertz CT molecular complexity index is 624. The van der Waals surface area contributed by atoms with Gasteiger partial charge in [0.05, 0.1) is 6.54 Å². The molecular weight excluding hydrogens is 274 g/mol. The Hall–Kier alpha value is -1.65. The van der Waals surface area contributed by atoms with Gasteiger partial charge in [0.2, 0.25) is 0 Å². The van der Waals surface area contributed by atoms with Crippen LogP contribution in [-0.2, 0) is 6.54 Å². The number of rotatable bonds is 3. The van der Waals surface area contributed by atoms with Crippen LogP contribution in [0.3, 0.4) is 0 Å². The molecule has 2 atom stereocenters. The van der Waals surface area contributed by atoms with E-state index in [0.29, 0.717) is 6.04 Å². The maximum Gasteiger partial charge on any atom is 0.151 e. The molecule has 2 fully saturated rings. The van der Waals surface area contributed by atoms with Crippen molar-refractivity contribution in [2.75, 3.05) is 20.1 Å². The minimum Gasteiger partial charge on any atom is -0.359 e. The van der Waals surface area contributed by atoms with Crippen LogP contribution in [0.5, 0.6) is 0 Å². The molecule has 22 heavy (non-hydrogen) atoms. The number of fused-ring (bicyclic) bond motifs is 2. The van der Waals surface area contributed by atoms with E-state index in [4.69, 9.17) is 4.52 Å². The summed E-state index contributed by atoms with van der Waals surface area (Å²) in [6, 6.07) is 13.8. The zero-order valence-corrected chi connectivity index (χ0v) is 13.1. The van der Waals surface area contributed by atoms with Crippen LogP contribution in [0.2, 0.25) is 0 Å². The molecule has 2 saturated heterocycles. The first-order valence-electron chi connectivity index (χ1n) is 8.25. The summed E-state index contributed by atoms with van der Waals surface area (Å²) < 4.78 is 5.56. The van der Waals surface area contributed by atoms with Gasteiger partial charge in [0.15, 0.2) is 5.76 Å². The van der Waals surface area contributed by atoms with Gasteiger partial charge in [-0.05, 0) is 26.3 Å². The van der Waals surface area contributed by atoms with Crippen molar-refractivity contribution in [1.29, 1.82) is 0 Å². The van der Waals surface area contributed by atoms with E-state index >= 15 is 0 Å². The molecular formula is C18H23N3O. The summed E-state index contributed by atoms with van der Waals surface area (Å²) in [6.07, 6.45) is 3.98. The highest BCUT2D eigenvalue weighted by atomic mass is 16.5. The zero-order chi connectivity index (χ0) is 14.9. The third kappa shape index (κ3) is 2.69. The summed E-state index contributed by atoms with van der Waals surface area (Å²) in [7, 11) is 2.29. The van der Waals surface area contributed by atoms with Crippen LogP contribution in [0.4, 0.5) is 0 Å². The van der Waals surface area contributed by atoms with Crippen molar-refractivity contribution in [3.05, 3.63) is 42.2 Å². The summed E-state index contributed by atoms with van der Waals surface area (Å²) in [5, 5.41) is 4.23. The van der Waals surface area contributed by atoms with E-state index in [1.807, 2.05) is 18.2 Å². The van der Waals surface area contributed by atoms with Gasteiger partial charge in [-0.15, -0.1) is 0 Å². The SMILES string of the molecule is CN1[C@@H]2CC[C@H]1CN(Cc1cc(-c3ccccc3)no1)CC2. The van der Waals surface area contributed by atoms with E-state index in [9.17, 15) is 0 Å². The molecule has 0 unspecified atom stereocenters. The Morgan fingerprint density at radius 3 is 2.82 bits per heavy atom. The molecule has 0 aliphatic carbocycles. The molecule has 0 N–H and O–H groups in total. The fraction of sp³-hybridized carbons (Fsp3) is 0.500. The Morgan fingerprint density at radius 2 is 1.95 bits per heavy atom. The predicted molar refractivity (Wildman–Crippen MR) is 86.4 cm³/mol. The Balaban J connectivity index is 1.45. The molecule has 2 aromatic rings. The normalized spacial score (nSPS) is 26.2. The van der Waals surface area contributed by atoms with Crippen LogP contribution in [0.25, 0.3) is 11.3 Å². The van der Waals surface area contributed by atoms with Crippen molar-refractivity contribution in [3.63, 3.8) is 0 Å². The second kappa shape index (κ2) is 5.86. The van der Waals surface area contributed by atoms with Crippen LogP contribution >= 0.6 is 0 Å². The topological polar surface area (TPSA) is 32.5 Å². The second-order valence-corrected chi connectivity index (χ2v) is 6.62. The van der Waals surface area contributed by atoms with Gasteiger partial charge in [-0.2, -0.15) is 0 Å². The fourth-order valence-corrected chi connectivity index (χ4v) is 3.88. The lowest BCUT2D eigenvalue weighted by Gasteiger charge is -2.24. The molecule has 2 aliphatic heterocycles. The lowest BCUT2D eigenvalue weighted by Crippen LogP contribution is -2.36. The first-order chi connectivity index (χ1) is 10.8. The predicted octanol–water partition coefficient (Wildman–Crippen LogP) is 3.01. The highest BCUT2D eigenvalue weighted by molar-refractivity contribution is 5.58. The van der Waals surface area contributed by atoms with E-state index in [1.165, 1.54) is 19.3 Å². The molecule has 3 heterocycles. The molecule has 4 nitrogen and oxygen atoms in total. The quantitative estimate of drug-likeness (QED) is 0.872. The van der Waals surface area contributed by atoms with E-state index in [0.717, 1.165) is 42.7 Å². The van der Waals surface area contributed by atoms with Crippen LogP contribution in [0, 0.1) is 0 Å². The summed E-state index contributed by atoms with van der Waals surface area (Å²) in [5.74, 6) is 0.972. The number of likely N-dealkylation sites (N-methyl/N-ethyl adjacent to an activating group) is 1. The van der Waals surface area contributed by atoms with Gasteiger partial charge in [0, 0.05) is 36.8 Å². The van der Waals surface area contributed by atoms with Crippen molar-refractivity contribution >= 4 is 0 Å². The minimum absolute atomic E-state index is 0.712. The van der Waals surface area contributed by atoms with Gasteiger partial charge >= 0.3 is 0 Å². The van der Waals surface area contributed by atoms with Crippen molar-refractivity contribution in [1.82, 2.24) is 15.0 Å². The maximum absolute atomic E-state index is 5.56. The molecule has 2 aliphatic rings. The van der Waals surface area contributed by atoms with Crippen LogP contribution < -0.4 is 0 Å². The van der Waals surface area contributed by atoms with Crippen molar-refractivity contribution < 1.29 is 4.52 Å². The van der Waals surface area contributed by atoms with Gasteiger partial charge in [-0.3, -0.25) is 9.80 Å². The lowest BCUT2D eigenvalue weighted by atomic mass is 10.1. The number of nitrogens with zero attached hydrogens (tertiary/aromatic N) is 3. The number of hydrogen-bond acceptors (Lipinski definition) is 4. The Morgan fingerprint density at radius 1 is 1.14 bits per heavy atom. The molecule has 4 heteroatoms. The molecule has 1 aromatic heterocycles.